The molecular formula is C20H23N3O3S. The lowest BCUT2D eigenvalue weighted by Gasteiger charge is -2.23. The molecule has 0 heterocycles. The molecule has 1 amide bonds. The van der Waals surface area contributed by atoms with Crippen LogP contribution >= 0.6 is 0 Å². The van der Waals surface area contributed by atoms with Gasteiger partial charge in [-0.25, -0.2) is 8.42 Å². The first-order valence-electron chi connectivity index (χ1n) is 8.64. The number of benzene rings is 2. The molecule has 2 rings (SSSR count). The van der Waals surface area contributed by atoms with Gasteiger partial charge < -0.3 is 4.90 Å². The SMILES string of the molecule is CCN(CC(C)C#N)C(=O)c1cccc(S(=O)(=O)N(C)c2ccccc2)c1. The Labute approximate surface area is 160 Å². The highest BCUT2D eigenvalue weighted by Crippen LogP contribution is 2.22. The monoisotopic (exact) mass is 385 g/mol. The van der Waals surface area contributed by atoms with E-state index in [-0.39, 0.29) is 22.3 Å². The number of nitriles is 1. The Balaban J connectivity index is 2.34. The van der Waals surface area contributed by atoms with Crippen LogP contribution in [0.5, 0.6) is 0 Å². The fraction of sp³-hybridized carbons (Fsp3) is 0.300. The van der Waals surface area contributed by atoms with Crippen LogP contribution < -0.4 is 4.31 Å². The number of anilines is 1. The van der Waals surface area contributed by atoms with Gasteiger partial charge in [0.25, 0.3) is 15.9 Å². The predicted molar refractivity (Wildman–Crippen MR) is 105 cm³/mol. The van der Waals surface area contributed by atoms with E-state index in [1.54, 1.807) is 48.2 Å². The largest absolute Gasteiger partial charge is 0.338 e. The lowest BCUT2D eigenvalue weighted by atomic mass is 10.1. The van der Waals surface area contributed by atoms with Crippen molar-refractivity contribution in [2.24, 2.45) is 5.92 Å². The highest BCUT2D eigenvalue weighted by molar-refractivity contribution is 7.92. The highest BCUT2D eigenvalue weighted by Gasteiger charge is 2.23. The van der Waals surface area contributed by atoms with Gasteiger partial charge in [0.1, 0.15) is 0 Å². The quantitative estimate of drug-likeness (QED) is 0.733. The van der Waals surface area contributed by atoms with Crippen LogP contribution in [0, 0.1) is 17.2 Å². The normalized spacial score (nSPS) is 12.1. The van der Waals surface area contributed by atoms with Gasteiger partial charge in [0.15, 0.2) is 0 Å². The van der Waals surface area contributed by atoms with Gasteiger partial charge in [-0.15, -0.1) is 0 Å². The maximum atomic E-state index is 12.9. The Morgan fingerprint density at radius 2 is 1.81 bits per heavy atom. The minimum absolute atomic E-state index is 0.0455. The lowest BCUT2D eigenvalue weighted by Crippen LogP contribution is -2.34. The lowest BCUT2D eigenvalue weighted by molar-refractivity contribution is 0.0752. The van der Waals surface area contributed by atoms with Crippen molar-refractivity contribution in [3.05, 3.63) is 60.2 Å². The molecule has 1 unspecified atom stereocenters. The van der Waals surface area contributed by atoms with E-state index in [1.807, 2.05) is 13.0 Å². The van der Waals surface area contributed by atoms with Crippen molar-refractivity contribution in [2.45, 2.75) is 18.7 Å². The molecule has 2 aromatic carbocycles. The minimum Gasteiger partial charge on any atom is -0.338 e. The van der Waals surface area contributed by atoms with E-state index in [1.165, 1.54) is 23.5 Å². The molecule has 142 valence electrons. The fourth-order valence-electron chi connectivity index (χ4n) is 2.63. The van der Waals surface area contributed by atoms with Gasteiger partial charge in [-0.05, 0) is 44.2 Å². The van der Waals surface area contributed by atoms with Gasteiger partial charge in [0.2, 0.25) is 0 Å². The van der Waals surface area contributed by atoms with E-state index in [0.717, 1.165) is 0 Å². The summed E-state index contributed by atoms with van der Waals surface area (Å²) in [5.74, 6) is -0.593. The van der Waals surface area contributed by atoms with Crippen molar-refractivity contribution >= 4 is 21.6 Å². The van der Waals surface area contributed by atoms with Gasteiger partial charge in [0.05, 0.1) is 22.6 Å². The second-order valence-corrected chi connectivity index (χ2v) is 8.18. The van der Waals surface area contributed by atoms with Crippen molar-refractivity contribution in [3.8, 4) is 6.07 Å². The number of para-hydroxylation sites is 1. The molecule has 1 atom stereocenters. The number of carbonyl (C=O) groups excluding carboxylic acids is 1. The summed E-state index contributed by atoms with van der Waals surface area (Å²) in [6.45, 7) is 4.30. The van der Waals surface area contributed by atoms with Crippen LogP contribution in [0.25, 0.3) is 0 Å². The molecule has 0 N–H and O–H groups in total. The number of amides is 1. The molecule has 0 aromatic heterocycles. The third-order valence-corrected chi connectivity index (χ3v) is 6.02. The molecule has 0 fully saturated rings. The van der Waals surface area contributed by atoms with E-state index in [9.17, 15) is 13.2 Å². The van der Waals surface area contributed by atoms with E-state index in [2.05, 4.69) is 6.07 Å². The number of nitrogens with zero attached hydrogens (tertiary/aromatic N) is 3. The van der Waals surface area contributed by atoms with Crippen molar-refractivity contribution in [1.29, 1.82) is 5.26 Å². The summed E-state index contributed by atoms with van der Waals surface area (Å²) in [4.78, 5) is 14.3. The zero-order chi connectivity index (χ0) is 20.0. The molecular weight excluding hydrogens is 362 g/mol. The van der Waals surface area contributed by atoms with Crippen LogP contribution in [-0.4, -0.2) is 39.4 Å². The van der Waals surface area contributed by atoms with Crippen molar-refractivity contribution < 1.29 is 13.2 Å². The van der Waals surface area contributed by atoms with Crippen molar-refractivity contribution in [3.63, 3.8) is 0 Å². The van der Waals surface area contributed by atoms with Gasteiger partial charge in [-0.3, -0.25) is 9.10 Å². The van der Waals surface area contributed by atoms with E-state index in [4.69, 9.17) is 5.26 Å². The number of hydrogen-bond donors (Lipinski definition) is 0. The summed E-state index contributed by atoms with van der Waals surface area (Å²) in [6, 6.07) is 16.8. The molecule has 0 radical (unpaired) electrons. The molecule has 0 aliphatic rings. The highest BCUT2D eigenvalue weighted by atomic mass is 32.2. The zero-order valence-electron chi connectivity index (χ0n) is 15.7. The first kappa shape index (κ1) is 20.5. The van der Waals surface area contributed by atoms with E-state index >= 15 is 0 Å². The first-order valence-corrected chi connectivity index (χ1v) is 10.1. The molecule has 6 nitrogen and oxygen atoms in total. The maximum Gasteiger partial charge on any atom is 0.264 e. The van der Waals surface area contributed by atoms with E-state index in [0.29, 0.717) is 18.8 Å². The Hall–Kier alpha value is -2.85. The van der Waals surface area contributed by atoms with Gasteiger partial charge in [0, 0.05) is 25.7 Å². The summed E-state index contributed by atoms with van der Waals surface area (Å²) < 4.78 is 27.0. The summed E-state index contributed by atoms with van der Waals surface area (Å²) >= 11 is 0. The molecule has 0 aliphatic heterocycles. The van der Waals surface area contributed by atoms with Crippen LogP contribution in [0.3, 0.4) is 0 Å². The number of hydrogen-bond acceptors (Lipinski definition) is 4. The topological polar surface area (TPSA) is 81.5 Å². The average molecular weight is 385 g/mol. The summed E-state index contributed by atoms with van der Waals surface area (Å²) in [6.07, 6.45) is 0. The summed E-state index contributed by atoms with van der Waals surface area (Å²) in [5, 5.41) is 8.98. The third-order valence-electron chi connectivity index (χ3n) is 4.24. The summed E-state index contributed by atoms with van der Waals surface area (Å²) in [5.41, 5.74) is 0.816. The van der Waals surface area contributed by atoms with Gasteiger partial charge >= 0.3 is 0 Å². The second kappa shape index (κ2) is 8.69. The number of sulfonamides is 1. The minimum atomic E-state index is -3.80. The Bertz CT molecular complexity index is 936. The second-order valence-electron chi connectivity index (χ2n) is 6.21. The molecule has 0 saturated carbocycles. The van der Waals surface area contributed by atoms with Crippen molar-refractivity contribution in [1.82, 2.24) is 4.90 Å². The summed E-state index contributed by atoms with van der Waals surface area (Å²) in [7, 11) is -2.32. The van der Waals surface area contributed by atoms with Crippen LogP contribution in [-0.2, 0) is 10.0 Å². The number of rotatable bonds is 7. The van der Waals surface area contributed by atoms with Crippen LogP contribution in [0.4, 0.5) is 5.69 Å². The first-order chi connectivity index (χ1) is 12.8. The van der Waals surface area contributed by atoms with Crippen LogP contribution in [0.1, 0.15) is 24.2 Å². The molecule has 0 spiro atoms. The maximum absolute atomic E-state index is 12.9. The Morgan fingerprint density at radius 3 is 2.41 bits per heavy atom. The predicted octanol–water partition coefficient (Wildman–Crippen LogP) is 3.13. The molecule has 2 aromatic rings. The fourth-order valence-corrected chi connectivity index (χ4v) is 3.88. The van der Waals surface area contributed by atoms with Crippen LogP contribution in [0.15, 0.2) is 59.5 Å². The Morgan fingerprint density at radius 1 is 1.15 bits per heavy atom. The van der Waals surface area contributed by atoms with E-state index < -0.39 is 10.0 Å². The van der Waals surface area contributed by atoms with Crippen LogP contribution in [0.2, 0.25) is 0 Å². The zero-order valence-corrected chi connectivity index (χ0v) is 16.5. The van der Waals surface area contributed by atoms with Gasteiger partial charge in [-0.1, -0.05) is 24.3 Å². The number of carbonyl (C=O) groups is 1. The molecule has 0 aliphatic carbocycles. The average Bonchev–Trinajstić information content (AvgIpc) is 2.71. The standard InChI is InChI=1S/C20H23N3O3S/c1-4-23(15-16(2)14-21)20(24)17-9-8-12-19(13-17)27(25,26)22(3)18-10-6-5-7-11-18/h5-13,16H,4,15H2,1-3H3. The smallest absolute Gasteiger partial charge is 0.264 e. The molecule has 27 heavy (non-hydrogen) atoms. The van der Waals surface area contributed by atoms with Crippen molar-refractivity contribution in [2.75, 3.05) is 24.4 Å². The molecule has 0 saturated heterocycles. The Kier molecular flexibility index (Phi) is 6.59. The third kappa shape index (κ3) is 4.66. The van der Waals surface area contributed by atoms with Gasteiger partial charge in [-0.2, -0.15) is 5.26 Å². The molecule has 0 bridgehead atoms. The molecule has 7 heteroatoms.